The van der Waals surface area contributed by atoms with Gasteiger partial charge in [0.1, 0.15) is 0 Å². The van der Waals surface area contributed by atoms with Crippen molar-refractivity contribution in [3.8, 4) is 0 Å². The van der Waals surface area contributed by atoms with Gasteiger partial charge in [-0.1, -0.05) is 18.5 Å². The zero-order valence-corrected chi connectivity index (χ0v) is 13.7. The fourth-order valence-corrected chi connectivity index (χ4v) is 5.75. The predicted octanol–water partition coefficient (Wildman–Crippen LogP) is 3.19. The number of hydrogen-bond acceptors (Lipinski definition) is 4. The van der Waals surface area contributed by atoms with Gasteiger partial charge < -0.3 is 5.32 Å². The van der Waals surface area contributed by atoms with E-state index in [0.29, 0.717) is 11.5 Å². The number of rotatable bonds is 5. The molecule has 1 saturated heterocycles. The number of halogens is 1. The summed E-state index contributed by atoms with van der Waals surface area (Å²) in [5.41, 5.74) is 1.07. The third-order valence-electron chi connectivity index (χ3n) is 3.54. The van der Waals surface area contributed by atoms with Crippen molar-refractivity contribution in [3.05, 3.63) is 20.8 Å². The quantitative estimate of drug-likeness (QED) is 0.906. The van der Waals surface area contributed by atoms with E-state index in [1.807, 2.05) is 6.92 Å². The first kappa shape index (κ1) is 15.3. The van der Waals surface area contributed by atoms with Gasteiger partial charge in [-0.15, -0.1) is 11.3 Å². The van der Waals surface area contributed by atoms with Crippen molar-refractivity contribution >= 4 is 32.8 Å². The van der Waals surface area contributed by atoms with Crippen molar-refractivity contribution < 1.29 is 8.42 Å². The molecule has 6 heteroatoms. The average molecular weight is 322 g/mol. The van der Waals surface area contributed by atoms with E-state index in [0.717, 1.165) is 34.2 Å². The lowest BCUT2D eigenvalue weighted by atomic mass is 9.97. The summed E-state index contributed by atoms with van der Waals surface area (Å²) in [4.78, 5) is 1.16. The Labute approximate surface area is 124 Å². The first-order valence-corrected chi connectivity index (χ1v) is 9.64. The number of thiophene rings is 1. The standard InChI is InChI=1S/C13H20ClNO2S2/c1-3-5-15-12(10-4-6-19(16,17)8-10)11-7-9(2)13(14)18-11/h7,10,12,15H,3-6,8H2,1-2H3. The molecule has 2 rings (SSSR count). The molecule has 1 aromatic heterocycles. The summed E-state index contributed by atoms with van der Waals surface area (Å²) in [7, 11) is -2.85. The third-order valence-corrected chi connectivity index (χ3v) is 6.97. The zero-order chi connectivity index (χ0) is 14.0. The highest BCUT2D eigenvalue weighted by atomic mass is 35.5. The SMILES string of the molecule is CCCNC(c1cc(C)c(Cl)s1)C1CCS(=O)(=O)C1. The lowest BCUT2D eigenvalue weighted by Crippen LogP contribution is -2.29. The van der Waals surface area contributed by atoms with Gasteiger partial charge in [-0.25, -0.2) is 8.42 Å². The van der Waals surface area contributed by atoms with Crippen LogP contribution in [-0.4, -0.2) is 26.5 Å². The average Bonchev–Trinajstić information content (AvgIpc) is 2.84. The van der Waals surface area contributed by atoms with Crippen LogP contribution in [0.15, 0.2) is 6.07 Å². The molecule has 0 amide bonds. The molecule has 0 radical (unpaired) electrons. The first-order valence-electron chi connectivity index (χ1n) is 6.62. The van der Waals surface area contributed by atoms with Crippen LogP contribution in [0.25, 0.3) is 0 Å². The van der Waals surface area contributed by atoms with Crippen LogP contribution in [0.5, 0.6) is 0 Å². The summed E-state index contributed by atoms with van der Waals surface area (Å²) in [6.07, 6.45) is 1.78. The van der Waals surface area contributed by atoms with E-state index in [2.05, 4.69) is 18.3 Å². The van der Waals surface area contributed by atoms with Crippen LogP contribution in [0.4, 0.5) is 0 Å². The van der Waals surface area contributed by atoms with E-state index < -0.39 is 9.84 Å². The Balaban J connectivity index is 2.21. The second kappa shape index (κ2) is 6.12. The molecule has 2 heterocycles. The molecule has 0 spiro atoms. The lowest BCUT2D eigenvalue weighted by Gasteiger charge is -2.22. The minimum atomic E-state index is -2.85. The molecule has 1 N–H and O–H groups in total. The molecule has 1 aliphatic heterocycles. The number of aryl methyl sites for hydroxylation is 1. The molecule has 1 aromatic rings. The maximum Gasteiger partial charge on any atom is 0.150 e. The first-order chi connectivity index (χ1) is 8.93. The summed E-state index contributed by atoms with van der Waals surface area (Å²) in [5, 5.41) is 3.49. The van der Waals surface area contributed by atoms with Gasteiger partial charge in [-0.05, 0) is 43.9 Å². The maximum atomic E-state index is 11.7. The zero-order valence-electron chi connectivity index (χ0n) is 11.3. The van der Waals surface area contributed by atoms with Gasteiger partial charge in [0.25, 0.3) is 0 Å². The molecule has 0 saturated carbocycles. The Kier molecular flexibility index (Phi) is 4.93. The number of hydrogen-bond donors (Lipinski definition) is 1. The Morgan fingerprint density at radius 1 is 1.58 bits per heavy atom. The van der Waals surface area contributed by atoms with Crippen molar-refractivity contribution in [1.82, 2.24) is 5.32 Å². The van der Waals surface area contributed by atoms with Gasteiger partial charge in [0.15, 0.2) is 9.84 Å². The molecule has 0 aromatic carbocycles. The molecule has 19 heavy (non-hydrogen) atoms. The molecule has 0 aliphatic carbocycles. The second-order valence-corrected chi connectivity index (χ2v) is 9.11. The molecule has 0 bridgehead atoms. The Morgan fingerprint density at radius 3 is 2.79 bits per heavy atom. The fraction of sp³-hybridized carbons (Fsp3) is 0.692. The van der Waals surface area contributed by atoms with Gasteiger partial charge in [-0.2, -0.15) is 0 Å². The maximum absolute atomic E-state index is 11.7. The molecule has 2 unspecified atom stereocenters. The highest BCUT2D eigenvalue weighted by molar-refractivity contribution is 7.91. The second-order valence-electron chi connectivity index (χ2n) is 5.20. The van der Waals surface area contributed by atoms with Crippen LogP contribution >= 0.6 is 22.9 Å². The highest BCUT2D eigenvalue weighted by Crippen LogP contribution is 2.38. The molecule has 3 nitrogen and oxygen atoms in total. The van der Waals surface area contributed by atoms with Gasteiger partial charge in [0.05, 0.1) is 15.8 Å². The molecular formula is C13H20ClNO2S2. The van der Waals surface area contributed by atoms with E-state index in [4.69, 9.17) is 11.6 Å². The lowest BCUT2D eigenvalue weighted by molar-refractivity contribution is 0.398. The van der Waals surface area contributed by atoms with E-state index in [9.17, 15) is 8.42 Å². The van der Waals surface area contributed by atoms with Crippen LogP contribution in [0, 0.1) is 12.8 Å². The summed E-state index contributed by atoms with van der Waals surface area (Å²) >= 11 is 7.71. The van der Waals surface area contributed by atoms with Gasteiger partial charge in [0.2, 0.25) is 0 Å². The molecule has 1 fully saturated rings. The van der Waals surface area contributed by atoms with Gasteiger partial charge in [-0.3, -0.25) is 0 Å². The molecule has 2 atom stereocenters. The minimum Gasteiger partial charge on any atom is -0.309 e. The van der Waals surface area contributed by atoms with Crippen LogP contribution in [-0.2, 0) is 9.84 Å². The van der Waals surface area contributed by atoms with E-state index in [-0.39, 0.29) is 12.0 Å². The van der Waals surface area contributed by atoms with Crippen molar-refractivity contribution in [2.24, 2.45) is 5.92 Å². The van der Waals surface area contributed by atoms with Crippen LogP contribution in [0.3, 0.4) is 0 Å². The van der Waals surface area contributed by atoms with Crippen molar-refractivity contribution in [3.63, 3.8) is 0 Å². The van der Waals surface area contributed by atoms with Gasteiger partial charge >= 0.3 is 0 Å². The monoisotopic (exact) mass is 321 g/mol. The highest BCUT2D eigenvalue weighted by Gasteiger charge is 2.35. The fourth-order valence-electron chi connectivity index (χ4n) is 2.52. The summed E-state index contributed by atoms with van der Waals surface area (Å²) in [6, 6.07) is 2.21. The van der Waals surface area contributed by atoms with E-state index in [1.165, 1.54) is 0 Å². The number of nitrogens with one attached hydrogen (secondary N) is 1. The summed E-state index contributed by atoms with van der Waals surface area (Å²) in [6.45, 7) is 5.00. The Bertz CT molecular complexity index is 519. The largest absolute Gasteiger partial charge is 0.309 e. The predicted molar refractivity (Wildman–Crippen MR) is 81.9 cm³/mol. The van der Waals surface area contributed by atoms with E-state index >= 15 is 0 Å². The Hall–Kier alpha value is -0.100. The molecular weight excluding hydrogens is 302 g/mol. The minimum absolute atomic E-state index is 0.119. The van der Waals surface area contributed by atoms with Crippen LogP contribution in [0.1, 0.15) is 36.2 Å². The van der Waals surface area contributed by atoms with Gasteiger partial charge in [0, 0.05) is 10.9 Å². The van der Waals surface area contributed by atoms with Crippen molar-refractivity contribution in [2.75, 3.05) is 18.1 Å². The van der Waals surface area contributed by atoms with Crippen molar-refractivity contribution in [2.45, 2.75) is 32.7 Å². The molecule has 1 aliphatic rings. The van der Waals surface area contributed by atoms with Crippen LogP contribution < -0.4 is 5.32 Å². The van der Waals surface area contributed by atoms with Crippen LogP contribution in [0.2, 0.25) is 4.34 Å². The summed E-state index contributed by atoms with van der Waals surface area (Å²) in [5.74, 6) is 0.786. The smallest absolute Gasteiger partial charge is 0.150 e. The van der Waals surface area contributed by atoms with E-state index in [1.54, 1.807) is 11.3 Å². The normalized spacial score (nSPS) is 23.6. The summed E-state index contributed by atoms with van der Waals surface area (Å²) < 4.78 is 24.1. The number of sulfone groups is 1. The Morgan fingerprint density at radius 2 is 2.32 bits per heavy atom. The van der Waals surface area contributed by atoms with Crippen molar-refractivity contribution in [1.29, 1.82) is 0 Å². The third kappa shape index (κ3) is 3.72. The topological polar surface area (TPSA) is 46.2 Å². The molecule has 108 valence electrons.